The van der Waals surface area contributed by atoms with E-state index in [-0.39, 0.29) is 0 Å². The van der Waals surface area contributed by atoms with E-state index in [0.717, 1.165) is 17.8 Å². The van der Waals surface area contributed by atoms with Crippen LogP contribution in [0.25, 0.3) is 5.57 Å². The summed E-state index contributed by atoms with van der Waals surface area (Å²) < 4.78 is 0. The average Bonchev–Trinajstić information content (AvgIpc) is 2.71. The number of hydrogen-bond donors (Lipinski definition) is 0. The third-order valence-corrected chi connectivity index (χ3v) is 8.57. The maximum absolute atomic E-state index is 2.69. The highest BCUT2D eigenvalue weighted by atomic mass is 15.2. The van der Waals surface area contributed by atoms with Gasteiger partial charge in [0.1, 0.15) is 0 Å². The highest BCUT2D eigenvalue weighted by molar-refractivity contribution is 5.71. The van der Waals surface area contributed by atoms with Crippen LogP contribution in [0.4, 0.5) is 0 Å². The molecular formula is C27H40N2. The minimum atomic E-state index is 0.507. The lowest BCUT2D eigenvalue weighted by Crippen LogP contribution is -2.46. The van der Waals surface area contributed by atoms with Crippen molar-refractivity contribution in [3.8, 4) is 0 Å². The van der Waals surface area contributed by atoms with Gasteiger partial charge in [-0.15, -0.1) is 0 Å². The molecule has 5 aliphatic rings. The first-order valence-corrected chi connectivity index (χ1v) is 12.4. The standard InChI is InChI=1S/C27H40N2/c1-28-12-14-29(15-13-28)11-7-3-6-10-26(25-8-4-2-5-9-25)27-19-22-16-23(20-27)18-24(17-22)21-27/h2,4-5,8-10,22-24H,3,6-7,11-21H2,1H3. The summed E-state index contributed by atoms with van der Waals surface area (Å²) in [6, 6.07) is 11.4. The van der Waals surface area contributed by atoms with Crippen LogP contribution in [0.1, 0.15) is 63.4 Å². The Morgan fingerprint density at radius 3 is 2.14 bits per heavy atom. The minimum absolute atomic E-state index is 0.507. The van der Waals surface area contributed by atoms with Gasteiger partial charge < -0.3 is 9.80 Å². The molecule has 1 heterocycles. The van der Waals surface area contributed by atoms with Crippen molar-refractivity contribution in [3.05, 3.63) is 42.0 Å². The highest BCUT2D eigenvalue weighted by Crippen LogP contribution is 2.64. The number of rotatable bonds is 7. The fourth-order valence-corrected chi connectivity index (χ4v) is 7.50. The molecule has 29 heavy (non-hydrogen) atoms. The van der Waals surface area contributed by atoms with E-state index in [0.29, 0.717) is 5.41 Å². The van der Waals surface area contributed by atoms with Gasteiger partial charge in [-0.2, -0.15) is 0 Å². The van der Waals surface area contributed by atoms with Crippen molar-refractivity contribution in [2.24, 2.45) is 23.2 Å². The normalized spacial score (nSPS) is 35.3. The molecule has 158 valence electrons. The average molecular weight is 393 g/mol. The molecule has 4 aliphatic carbocycles. The molecule has 4 saturated carbocycles. The van der Waals surface area contributed by atoms with Crippen LogP contribution in [0.15, 0.2) is 36.4 Å². The summed E-state index contributed by atoms with van der Waals surface area (Å²) >= 11 is 0. The molecular weight excluding hydrogens is 352 g/mol. The third kappa shape index (κ3) is 4.35. The van der Waals surface area contributed by atoms with Gasteiger partial charge in [0.25, 0.3) is 0 Å². The number of hydrogen-bond acceptors (Lipinski definition) is 2. The molecule has 0 spiro atoms. The Morgan fingerprint density at radius 1 is 0.897 bits per heavy atom. The van der Waals surface area contributed by atoms with Crippen LogP contribution in [0.2, 0.25) is 0 Å². The zero-order valence-electron chi connectivity index (χ0n) is 18.5. The molecule has 1 aromatic rings. The summed E-state index contributed by atoms with van der Waals surface area (Å²) in [5.41, 5.74) is 3.76. The molecule has 0 radical (unpaired) electrons. The number of unbranched alkanes of at least 4 members (excludes halogenated alkanes) is 2. The predicted molar refractivity (Wildman–Crippen MR) is 123 cm³/mol. The summed E-state index contributed by atoms with van der Waals surface area (Å²) in [5, 5.41) is 0. The van der Waals surface area contributed by atoms with Crippen LogP contribution in [-0.4, -0.2) is 49.6 Å². The van der Waals surface area contributed by atoms with Gasteiger partial charge in [0.2, 0.25) is 0 Å². The van der Waals surface area contributed by atoms with E-state index in [4.69, 9.17) is 0 Å². The topological polar surface area (TPSA) is 6.48 Å². The van der Waals surface area contributed by atoms with Gasteiger partial charge in [-0.25, -0.2) is 0 Å². The van der Waals surface area contributed by atoms with E-state index in [2.05, 4.69) is 53.3 Å². The lowest BCUT2D eigenvalue weighted by molar-refractivity contribution is -0.0178. The highest BCUT2D eigenvalue weighted by Gasteiger charge is 2.52. The number of benzene rings is 1. The Labute approximate surface area is 178 Å². The maximum Gasteiger partial charge on any atom is 0.0110 e. The van der Waals surface area contributed by atoms with Crippen LogP contribution in [-0.2, 0) is 0 Å². The molecule has 1 aliphatic heterocycles. The molecule has 1 saturated heterocycles. The lowest BCUT2D eigenvalue weighted by atomic mass is 9.47. The van der Waals surface area contributed by atoms with Crippen molar-refractivity contribution >= 4 is 5.57 Å². The summed E-state index contributed by atoms with van der Waals surface area (Å²) in [6.07, 6.45) is 15.7. The van der Waals surface area contributed by atoms with Crippen molar-refractivity contribution in [3.63, 3.8) is 0 Å². The fraction of sp³-hybridized carbons (Fsp3) is 0.704. The lowest BCUT2D eigenvalue weighted by Gasteiger charge is -2.58. The molecule has 1 aromatic carbocycles. The molecule has 2 heteroatoms. The van der Waals surface area contributed by atoms with Gasteiger partial charge in [-0.05, 0) is 106 Å². The van der Waals surface area contributed by atoms with Crippen LogP contribution < -0.4 is 0 Å². The van der Waals surface area contributed by atoms with Crippen molar-refractivity contribution < 1.29 is 0 Å². The second kappa shape index (κ2) is 8.55. The van der Waals surface area contributed by atoms with Crippen molar-refractivity contribution in [2.45, 2.75) is 57.8 Å². The van der Waals surface area contributed by atoms with E-state index in [1.165, 1.54) is 96.1 Å². The zero-order valence-corrected chi connectivity index (χ0v) is 18.5. The van der Waals surface area contributed by atoms with Gasteiger partial charge in [0.15, 0.2) is 0 Å². The van der Waals surface area contributed by atoms with Gasteiger partial charge in [-0.3, -0.25) is 0 Å². The second-order valence-corrected chi connectivity index (χ2v) is 10.8. The van der Waals surface area contributed by atoms with E-state index in [1.807, 2.05) is 0 Å². The largest absolute Gasteiger partial charge is 0.304 e. The van der Waals surface area contributed by atoms with Gasteiger partial charge >= 0.3 is 0 Å². The summed E-state index contributed by atoms with van der Waals surface area (Å²) in [7, 11) is 2.25. The molecule has 0 amide bonds. The Kier molecular flexibility index (Phi) is 5.85. The molecule has 5 fully saturated rings. The van der Waals surface area contributed by atoms with Crippen molar-refractivity contribution in [2.75, 3.05) is 39.8 Å². The van der Waals surface area contributed by atoms with E-state index < -0.39 is 0 Å². The number of piperazine rings is 1. The monoisotopic (exact) mass is 392 g/mol. The number of likely N-dealkylation sites (N-methyl/N-ethyl adjacent to an activating group) is 1. The molecule has 4 bridgehead atoms. The smallest absolute Gasteiger partial charge is 0.0110 e. The fourth-order valence-electron chi connectivity index (χ4n) is 7.50. The molecule has 2 nitrogen and oxygen atoms in total. The third-order valence-electron chi connectivity index (χ3n) is 8.57. The van der Waals surface area contributed by atoms with E-state index in [1.54, 1.807) is 5.57 Å². The molecule has 0 unspecified atom stereocenters. The maximum atomic E-state index is 2.69. The minimum Gasteiger partial charge on any atom is -0.304 e. The van der Waals surface area contributed by atoms with Crippen molar-refractivity contribution in [1.82, 2.24) is 9.80 Å². The number of nitrogens with zero attached hydrogens (tertiary/aromatic N) is 2. The van der Waals surface area contributed by atoms with Gasteiger partial charge in [-0.1, -0.05) is 36.4 Å². The van der Waals surface area contributed by atoms with Crippen LogP contribution in [0, 0.1) is 23.2 Å². The molecule has 0 aromatic heterocycles. The van der Waals surface area contributed by atoms with Crippen LogP contribution in [0.3, 0.4) is 0 Å². The Hall–Kier alpha value is -1.12. The SMILES string of the molecule is CN1CCN(CCCCC=C(c2ccccc2)C23CC4CC(CC(C4)C2)C3)CC1. The first kappa shape index (κ1) is 19.8. The summed E-state index contributed by atoms with van der Waals surface area (Å²) in [4.78, 5) is 5.12. The first-order chi connectivity index (χ1) is 14.2. The van der Waals surface area contributed by atoms with Gasteiger partial charge in [0.05, 0.1) is 0 Å². The van der Waals surface area contributed by atoms with Crippen LogP contribution in [0.5, 0.6) is 0 Å². The van der Waals surface area contributed by atoms with E-state index >= 15 is 0 Å². The van der Waals surface area contributed by atoms with Gasteiger partial charge in [0, 0.05) is 26.2 Å². The van der Waals surface area contributed by atoms with Crippen LogP contribution >= 0.6 is 0 Å². The Balaban J connectivity index is 1.25. The zero-order chi connectivity index (χ0) is 19.7. The quantitative estimate of drug-likeness (QED) is 0.549. The first-order valence-electron chi connectivity index (χ1n) is 12.4. The second-order valence-electron chi connectivity index (χ2n) is 10.8. The van der Waals surface area contributed by atoms with Crippen molar-refractivity contribution in [1.29, 1.82) is 0 Å². The van der Waals surface area contributed by atoms with E-state index in [9.17, 15) is 0 Å². The summed E-state index contributed by atoms with van der Waals surface area (Å²) in [6.45, 7) is 6.29. The predicted octanol–water partition coefficient (Wildman–Crippen LogP) is 5.70. The Bertz CT molecular complexity index is 663. The molecule has 0 atom stereocenters. The summed E-state index contributed by atoms with van der Waals surface area (Å²) in [5.74, 6) is 3.06. The Morgan fingerprint density at radius 2 is 1.52 bits per heavy atom. The number of allylic oxidation sites excluding steroid dienone is 2. The molecule has 6 rings (SSSR count). The molecule has 0 N–H and O–H groups in total.